The van der Waals surface area contributed by atoms with Gasteiger partial charge in [0, 0.05) is 12.1 Å². The van der Waals surface area contributed by atoms with Crippen molar-refractivity contribution in [2.24, 2.45) is 0 Å². The number of non-ortho nitro benzene ring substituents is 1. The molecule has 4 aromatic rings. The van der Waals surface area contributed by atoms with Crippen LogP contribution >= 0.6 is 0 Å². The van der Waals surface area contributed by atoms with Crippen LogP contribution in [0.4, 0.5) is 5.69 Å². The number of nitro groups is 1. The first-order valence-electron chi connectivity index (χ1n) is 13.6. The molecule has 0 N–H and O–H groups in total. The molecule has 0 radical (unpaired) electrons. The van der Waals surface area contributed by atoms with Crippen molar-refractivity contribution in [3.63, 3.8) is 0 Å². The molecule has 0 aliphatic carbocycles. The highest BCUT2D eigenvalue weighted by atomic mass is 16.7. The van der Waals surface area contributed by atoms with Crippen LogP contribution in [0, 0.1) is 10.1 Å². The topological polar surface area (TPSA) is 106 Å². The Hall–Kier alpha value is -4.41. The molecule has 42 heavy (non-hydrogen) atoms. The Labute approximate surface area is 243 Å². The minimum atomic E-state index is -1.11. The van der Waals surface area contributed by atoms with Crippen molar-refractivity contribution < 1.29 is 33.4 Å². The SMILES string of the molecule is O=C(OC1OC(COCc2ccccc2)C(OCc2ccccc2)[C@@H]1OCc1ccccc1)c1ccc([N+](=O)[O-])cc1. The fourth-order valence-corrected chi connectivity index (χ4v) is 4.59. The summed E-state index contributed by atoms with van der Waals surface area (Å²) >= 11 is 0. The molecule has 4 aromatic carbocycles. The van der Waals surface area contributed by atoms with E-state index >= 15 is 0 Å². The molecular weight excluding hydrogens is 538 g/mol. The summed E-state index contributed by atoms with van der Waals surface area (Å²) in [5.41, 5.74) is 2.93. The molecule has 4 atom stereocenters. The standard InChI is InChI=1S/C33H31NO8/c35-32(27-16-18-28(19-17-27)34(36)37)42-33-31(40-22-26-14-8-3-9-15-26)30(39-21-25-12-6-2-7-13-25)29(41-33)23-38-20-24-10-4-1-5-11-24/h1-19,29-31,33H,20-23H2/t29?,30?,31-,33?/m0/s1. The maximum absolute atomic E-state index is 13.1. The highest BCUT2D eigenvalue weighted by molar-refractivity contribution is 5.89. The number of carbonyl (C=O) groups excluding carboxylic acids is 1. The normalized spacial score (nSPS) is 19.8. The first-order chi connectivity index (χ1) is 20.6. The molecule has 216 valence electrons. The van der Waals surface area contributed by atoms with Gasteiger partial charge in [-0.2, -0.15) is 0 Å². The van der Waals surface area contributed by atoms with Crippen molar-refractivity contribution in [1.82, 2.24) is 0 Å². The van der Waals surface area contributed by atoms with Gasteiger partial charge in [0.2, 0.25) is 6.29 Å². The van der Waals surface area contributed by atoms with Gasteiger partial charge in [-0.15, -0.1) is 0 Å². The van der Waals surface area contributed by atoms with E-state index in [1.807, 2.05) is 91.0 Å². The smallest absolute Gasteiger partial charge is 0.340 e. The van der Waals surface area contributed by atoms with Gasteiger partial charge in [-0.3, -0.25) is 10.1 Å². The Morgan fingerprint density at radius 3 is 1.71 bits per heavy atom. The van der Waals surface area contributed by atoms with Gasteiger partial charge in [0.25, 0.3) is 5.69 Å². The summed E-state index contributed by atoms with van der Waals surface area (Å²) in [7, 11) is 0. The molecular formula is C33H31NO8. The highest BCUT2D eigenvalue weighted by Crippen LogP contribution is 2.31. The van der Waals surface area contributed by atoms with Crippen molar-refractivity contribution in [3.8, 4) is 0 Å². The number of hydrogen-bond acceptors (Lipinski definition) is 8. The van der Waals surface area contributed by atoms with E-state index < -0.39 is 35.5 Å². The fraction of sp³-hybridized carbons (Fsp3) is 0.242. The molecule has 3 unspecified atom stereocenters. The third-order valence-corrected chi connectivity index (χ3v) is 6.77. The van der Waals surface area contributed by atoms with Crippen LogP contribution < -0.4 is 0 Å². The Kier molecular flexibility index (Phi) is 10.0. The Bertz CT molecular complexity index is 1420. The maximum atomic E-state index is 13.1. The summed E-state index contributed by atoms with van der Waals surface area (Å²) in [4.78, 5) is 23.6. The van der Waals surface area contributed by atoms with Crippen LogP contribution in [0.3, 0.4) is 0 Å². The van der Waals surface area contributed by atoms with E-state index in [0.29, 0.717) is 6.61 Å². The second kappa shape index (κ2) is 14.5. The fourth-order valence-electron chi connectivity index (χ4n) is 4.59. The summed E-state index contributed by atoms with van der Waals surface area (Å²) in [5.74, 6) is -0.698. The second-order valence-corrected chi connectivity index (χ2v) is 9.78. The van der Waals surface area contributed by atoms with E-state index in [2.05, 4.69) is 0 Å². The number of nitro benzene ring substituents is 1. The Balaban J connectivity index is 1.35. The molecule has 0 amide bonds. The summed E-state index contributed by atoms with van der Waals surface area (Å²) in [6.07, 6.45) is -3.11. The maximum Gasteiger partial charge on any atom is 0.340 e. The highest BCUT2D eigenvalue weighted by Gasteiger charge is 2.48. The van der Waals surface area contributed by atoms with E-state index in [9.17, 15) is 14.9 Å². The van der Waals surface area contributed by atoms with Gasteiger partial charge in [-0.1, -0.05) is 91.0 Å². The third-order valence-electron chi connectivity index (χ3n) is 6.77. The number of carbonyl (C=O) groups is 1. The van der Waals surface area contributed by atoms with Gasteiger partial charge >= 0.3 is 5.97 Å². The number of hydrogen-bond donors (Lipinski definition) is 0. The lowest BCUT2D eigenvalue weighted by Gasteiger charge is -2.25. The summed E-state index contributed by atoms with van der Waals surface area (Å²) in [6.45, 7) is 1.07. The predicted octanol–water partition coefficient (Wildman–Crippen LogP) is 5.86. The quantitative estimate of drug-likeness (QED) is 0.112. The van der Waals surface area contributed by atoms with Gasteiger partial charge in [-0.05, 0) is 28.8 Å². The van der Waals surface area contributed by atoms with Crippen LogP contribution in [-0.2, 0) is 43.5 Å². The zero-order valence-electron chi connectivity index (χ0n) is 22.8. The van der Waals surface area contributed by atoms with Crippen molar-refractivity contribution in [2.45, 2.75) is 44.4 Å². The molecule has 0 aromatic heterocycles. The first kappa shape index (κ1) is 29.1. The molecule has 1 aliphatic rings. The average molecular weight is 570 g/mol. The molecule has 1 heterocycles. The summed E-state index contributed by atoms with van der Waals surface area (Å²) < 4.78 is 30.7. The van der Waals surface area contributed by atoms with Crippen LogP contribution in [0.5, 0.6) is 0 Å². The average Bonchev–Trinajstić information content (AvgIpc) is 3.35. The van der Waals surface area contributed by atoms with Crippen LogP contribution in [-0.4, -0.2) is 42.1 Å². The predicted molar refractivity (Wildman–Crippen MR) is 153 cm³/mol. The minimum Gasteiger partial charge on any atom is -0.429 e. The number of benzene rings is 4. The van der Waals surface area contributed by atoms with Gasteiger partial charge in [0.05, 0.1) is 36.9 Å². The van der Waals surface area contributed by atoms with Crippen LogP contribution in [0.2, 0.25) is 0 Å². The monoisotopic (exact) mass is 569 g/mol. The van der Waals surface area contributed by atoms with Gasteiger partial charge in [-0.25, -0.2) is 4.79 Å². The minimum absolute atomic E-state index is 0.127. The lowest BCUT2D eigenvalue weighted by molar-refractivity contribution is -0.384. The first-order valence-corrected chi connectivity index (χ1v) is 13.6. The molecule has 0 spiro atoms. The second-order valence-electron chi connectivity index (χ2n) is 9.78. The van der Waals surface area contributed by atoms with Crippen LogP contribution in [0.1, 0.15) is 27.0 Å². The number of ether oxygens (including phenoxy) is 5. The van der Waals surface area contributed by atoms with E-state index in [1.165, 1.54) is 24.3 Å². The molecule has 9 nitrogen and oxygen atoms in total. The van der Waals surface area contributed by atoms with Gasteiger partial charge in [0.15, 0.2) is 0 Å². The van der Waals surface area contributed by atoms with Crippen molar-refractivity contribution in [3.05, 3.63) is 148 Å². The summed E-state index contributed by atoms with van der Waals surface area (Å²) in [5, 5.41) is 11.0. The lowest BCUT2D eigenvalue weighted by Crippen LogP contribution is -2.40. The molecule has 5 rings (SSSR count). The third kappa shape index (κ3) is 7.86. The number of rotatable bonds is 13. The molecule has 1 fully saturated rings. The van der Waals surface area contributed by atoms with E-state index in [0.717, 1.165) is 16.7 Å². The Morgan fingerprint density at radius 1 is 0.690 bits per heavy atom. The van der Waals surface area contributed by atoms with E-state index in [-0.39, 0.29) is 31.1 Å². The molecule has 0 saturated carbocycles. The van der Waals surface area contributed by atoms with E-state index in [4.69, 9.17) is 23.7 Å². The van der Waals surface area contributed by atoms with Crippen LogP contribution in [0.15, 0.2) is 115 Å². The molecule has 1 saturated heterocycles. The molecule has 0 bridgehead atoms. The zero-order chi connectivity index (χ0) is 29.1. The van der Waals surface area contributed by atoms with E-state index in [1.54, 1.807) is 0 Å². The molecule has 1 aliphatic heterocycles. The zero-order valence-corrected chi connectivity index (χ0v) is 22.8. The van der Waals surface area contributed by atoms with Crippen molar-refractivity contribution in [2.75, 3.05) is 6.61 Å². The summed E-state index contributed by atoms with van der Waals surface area (Å²) in [6, 6.07) is 34.3. The largest absolute Gasteiger partial charge is 0.429 e. The van der Waals surface area contributed by atoms with Crippen molar-refractivity contribution in [1.29, 1.82) is 0 Å². The van der Waals surface area contributed by atoms with Crippen LogP contribution in [0.25, 0.3) is 0 Å². The molecule has 9 heteroatoms. The number of nitrogens with zero attached hydrogens (tertiary/aromatic N) is 1. The van der Waals surface area contributed by atoms with Gasteiger partial charge < -0.3 is 23.7 Å². The number of esters is 1. The van der Waals surface area contributed by atoms with Gasteiger partial charge in [0.1, 0.15) is 18.3 Å². The Morgan fingerprint density at radius 2 is 1.19 bits per heavy atom. The van der Waals surface area contributed by atoms with Crippen molar-refractivity contribution >= 4 is 11.7 Å². The lowest BCUT2D eigenvalue weighted by atomic mass is 10.1.